The molecule has 0 aromatic carbocycles. The van der Waals surface area contributed by atoms with Gasteiger partial charge in [0.25, 0.3) is 0 Å². The van der Waals surface area contributed by atoms with Crippen molar-refractivity contribution in [3.63, 3.8) is 0 Å². The van der Waals surface area contributed by atoms with E-state index in [1.54, 1.807) is 0 Å². The fraction of sp³-hybridized carbons (Fsp3) is 0.923. The van der Waals surface area contributed by atoms with E-state index in [1.807, 2.05) is 4.90 Å². The number of nitrogens with zero attached hydrogens (tertiary/aromatic N) is 2. The molecule has 2 N–H and O–H groups in total. The Kier molecular flexibility index (Phi) is 8.57. The monoisotopic (exact) mass is 277 g/mol. The zero-order valence-electron chi connectivity index (χ0n) is 11.9. The van der Waals surface area contributed by atoms with Gasteiger partial charge in [-0.15, -0.1) is 12.4 Å². The predicted octanol–water partition coefficient (Wildman–Crippen LogP) is 1.34. The molecule has 1 aliphatic rings. The van der Waals surface area contributed by atoms with Crippen LogP contribution in [0.3, 0.4) is 0 Å². The minimum Gasteiger partial charge on any atom is -0.341 e. The maximum atomic E-state index is 12.0. The maximum absolute atomic E-state index is 12.0. The van der Waals surface area contributed by atoms with E-state index in [1.165, 1.54) is 0 Å². The molecule has 2 unspecified atom stereocenters. The van der Waals surface area contributed by atoms with Crippen LogP contribution in [-0.2, 0) is 4.79 Å². The SMILES string of the molecule is CCCC(N)C(=O)N1CCC(CN(C)CC)C1.Cl. The number of amides is 1. The van der Waals surface area contributed by atoms with Gasteiger partial charge >= 0.3 is 0 Å². The summed E-state index contributed by atoms with van der Waals surface area (Å²) in [5.41, 5.74) is 5.88. The molecule has 1 saturated heterocycles. The average Bonchev–Trinajstić information content (AvgIpc) is 2.76. The van der Waals surface area contributed by atoms with Crippen LogP contribution in [0.4, 0.5) is 0 Å². The van der Waals surface area contributed by atoms with E-state index < -0.39 is 0 Å². The van der Waals surface area contributed by atoms with Crippen molar-refractivity contribution < 1.29 is 4.79 Å². The molecule has 0 saturated carbocycles. The second-order valence-electron chi connectivity index (χ2n) is 5.19. The first-order valence-corrected chi connectivity index (χ1v) is 6.81. The van der Waals surface area contributed by atoms with Crippen molar-refractivity contribution in [3.05, 3.63) is 0 Å². The number of carbonyl (C=O) groups is 1. The van der Waals surface area contributed by atoms with Crippen molar-refractivity contribution in [1.29, 1.82) is 0 Å². The summed E-state index contributed by atoms with van der Waals surface area (Å²) in [7, 11) is 2.13. The smallest absolute Gasteiger partial charge is 0.239 e. The third-order valence-corrected chi connectivity index (χ3v) is 3.62. The van der Waals surface area contributed by atoms with Crippen LogP contribution < -0.4 is 5.73 Å². The highest BCUT2D eigenvalue weighted by Gasteiger charge is 2.29. The van der Waals surface area contributed by atoms with Crippen LogP contribution in [0.1, 0.15) is 33.1 Å². The molecule has 0 bridgehead atoms. The Hall–Kier alpha value is -0.320. The van der Waals surface area contributed by atoms with Crippen molar-refractivity contribution in [1.82, 2.24) is 9.80 Å². The lowest BCUT2D eigenvalue weighted by Gasteiger charge is -2.22. The molecule has 1 fully saturated rings. The molecule has 0 spiro atoms. The van der Waals surface area contributed by atoms with Crippen LogP contribution in [0.2, 0.25) is 0 Å². The molecule has 18 heavy (non-hydrogen) atoms. The number of halogens is 1. The number of nitrogens with two attached hydrogens (primary N) is 1. The lowest BCUT2D eigenvalue weighted by molar-refractivity contribution is -0.131. The highest BCUT2D eigenvalue weighted by Crippen LogP contribution is 2.18. The summed E-state index contributed by atoms with van der Waals surface area (Å²) in [5.74, 6) is 0.770. The number of carbonyl (C=O) groups excluding carboxylic acids is 1. The molecule has 0 aliphatic carbocycles. The summed E-state index contributed by atoms with van der Waals surface area (Å²) < 4.78 is 0. The Morgan fingerprint density at radius 2 is 2.17 bits per heavy atom. The Bertz CT molecular complexity index is 250. The first-order valence-electron chi connectivity index (χ1n) is 6.81. The molecule has 1 heterocycles. The average molecular weight is 278 g/mol. The van der Waals surface area contributed by atoms with Crippen molar-refractivity contribution in [2.45, 2.75) is 39.2 Å². The molecule has 108 valence electrons. The van der Waals surface area contributed by atoms with E-state index in [0.717, 1.165) is 45.4 Å². The Labute approximate surface area is 117 Å². The minimum atomic E-state index is -0.289. The van der Waals surface area contributed by atoms with Crippen molar-refractivity contribution in [2.24, 2.45) is 11.7 Å². The van der Waals surface area contributed by atoms with Gasteiger partial charge < -0.3 is 15.5 Å². The van der Waals surface area contributed by atoms with Crippen LogP contribution in [0.15, 0.2) is 0 Å². The first kappa shape index (κ1) is 17.7. The molecule has 1 amide bonds. The molecule has 4 nitrogen and oxygen atoms in total. The topological polar surface area (TPSA) is 49.6 Å². The van der Waals surface area contributed by atoms with Gasteiger partial charge in [0.05, 0.1) is 6.04 Å². The lowest BCUT2D eigenvalue weighted by atomic mass is 10.1. The van der Waals surface area contributed by atoms with E-state index in [2.05, 4.69) is 25.8 Å². The van der Waals surface area contributed by atoms with Crippen LogP contribution >= 0.6 is 12.4 Å². The highest BCUT2D eigenvalue weighted by atomic mass is 35.5. The molecule has 0 aromatic heterocycles. The standard InChI is InChI=1S/C13H27N3O.ClH/c1-4-6-12(14)13(17)16-8-7-11(10-16)9-15(3)5-2;/h11-12H,4-10,14H2,1-3H3;1H. The Morgan fingerprint density at radius 3 is 2.72 bits per heavy atom. The summed E-state index contributed by atoms with van der Waals surface area (Å²) in [6.07, 6.45) is 2.90. The number of hydrogen-bond acceptors (Lipinski definition) is 3. The van der Waals surface area contributed by atoms with Crippen LogP contribution in [-0.4, -0.2) is 55.0 Å². The van der Waals surface area contributed by atoms with E-state index in [4.69, 9.17) is 5.73 Å². The van der Waals surface area contributed by atoms with E-state index in [-0.39, 0.29) is 24.4 Å². The maximum Gasteiger partial charge on any atom is 0.239 e. The van der Waals surface area contributed by atoms with Crippen molar-refractivity contribution in [3.8, 4) is 0 Å². The van der Waals surface area contributed by atoms with Gasteiger partial charge in [-0.1, -0.05) is 20.3 Å². The summed E-state index contributed by atoms with van der Waals surface area (Å²) in [6, 6.07) is -0.289. The molecule has 0 aromatic rings. The van der Waals surface area contributed by atoms with Gasteiger partial charge in [-0.3, -0.25) is 4.79 Å². The van der Waals surface area contributed by atoms with Gasteiger partial charge in [0, 0.05) is 19.6 Å². The Balaban J connectivity index is 0.00000289. The van der Waals surface area contributed by atoms with Crippen LogP contribution in [0.5, 0.6) is 0 Å². The fourth-order valence-electron chi connectivity index (χ4n) is 2.42. The minimum absolute atomic E-state index is 0. The summed E-state index contributed by atoms with van der Waals surface area (Å²) in [6.45, 7) is 8.16. The molecule has 5 heteroatoms. The van der Waals surface area contributed by atoms with Crippen LogP contribution in [0.25, 0.3) is 0 Å². The quantitative estimate of drug-likeness (QED) is 0.797. The first-order chi connectivity index (χ1) is 8.08. The third-order valence-electron chi connectivity index (χ3n) is 3.62. The van der Waals surface area contributed by atoms with Crippen molar-refractivity contribution >= 4 is 18.3 Å². The fourth-order valence-corrected chi connectivity index (χ4v) is 2.42. The summed E-state index contributed by atoms with van der Waals surface area (Å²) in [4.78, 5) is 16.3. The van der Waals surface area contributed by atoms with Gasteiger partial charge in [-0.05, 0) is 32.4 Å². The predicted molar refractivity (Wildman–Crippen MR) is 78.0 cm³/mol. The van der Waals surface area contributed by atoms with Gasteiger partial charge in [-0.25, -0.2) is 0 Å². The Morgan fingerprint density at radius 1 is 1.50 bits per heavy atom. The number of hydrogen-bond donors (Lipinski definition) is 1. The van der Waals surface area contributed by atoms with Gasteiger partial charge in [0.1, 0.15) is 0 Å². The number of likely N-dealkylation sites (tertiary alicyclic amines) is 1. The summed E-state index contributed by atoms with van der Waals surface area (Å²) in [5, 5.41) is 0. The van der Waals surface area contributed by atoms with Crippen LogP contribution in [0, 0.1) is 5.92 Å². The molecule has 2 atom stereocenters. The second kappa shape index (κ2) is 8.73. The summed E-state index contributed by atoms with van der Waals surface area (Å²) >= 11 is 0. The van der Waals surface area contributed by atoms with E-state index in [0.29, 0.717) is 5.92 Å². The lowest BCUT2D eigenvalue weighted by Crippen LogP contribution is -2.43. The van der Waals surface area contributed by atoms with Gasteiger partial charge in [0.2, 0.25) is 5.91 Å². The van der Waals surface area contributed by atoms with Crippen molar-refractivity contribution in [2.75, 3.05) is 33.2 Å². The molecule has 1 aliphatic heterocycles. The zero-order valence-corrected chi connectivity index (χ0v) is 12.7. The molecule has 1 rings (SSSR count). The van der Waals surface area contributed by atoms with E-state index in [9.17, 15) is 4.79 Å². The van der Waals surface area contributed by atoms with E-state index >= 15 is 0 Å². The largest absolute Gasteiger partial charge is 0.341 e. The molecular formula is C13H28ClN3O. The zero-order chi connectivity index (χ0) is 12.8. The normalized spacial score (nSPS) is 20.9. The second-order valence-corrected chi connectivity index (χ2v) is 5.19. The van der Waals surface area contributed by atoms with Gasteiger partial charge in [0.15, 0.2) is 0 Å². The third kappa shape index (κ3) is 5.12. The molecular weight excluding hydrogens is 250 g/mol. The highest BCUT2D eigenvalue weighted by molar-refractivity contribution is 5.85. The van der Waals surface area contributed by atoms with Gasteiger partial charge in [-0.2, -0.15) is 0 Å². The molecule has 0 radical (unpaired) electrons. The number of rotatable bonds is 6.